The van der Waals surface area contributed by atoms with Crippen molar-refractivity contribution in [2.75, 3.05) is 18.1 Å². The summed E-state index contributed by atoms with van der Waals surface area (Å²) in [6.07, 6.45) is 5.48. The lowest BCUT2D eigenvalue weighted by molar-refractivity contribution is -0.151. The van der Waals surface area contributed by atoms with Crippen LogP contribution in [0, 0.1) is 5.92 Å². The second-order valence-corrected chi connectivity index (χ2v) is 6.79. The first-order valence-electron chi connectivity index (χ1n) is 10.1. The number of hydrogen-bond acceptors (Lipinski definition) is 5. The van der Waals surface area contributed by atoms with Gasteiger partial charge in [0, 0.05) is 24.6 Å². The molecule has 0 aliphatic heterocycles. The Kier molecular flexibility index (Phi) is 7.32. The van der Waals surface area contributed by atoms with Crippen molar-refractivity contribution in [2.45, 2.75) is 26.8 Å². The highest BCUT2D eigenvalue weighted by Crippen LogP contribution is 2.20. The average Bonchev–Trinajstić information content (AvgIpc) is 3.21. The summed E-state index contributed by atoms with van der Waals surface area (Å²) in [6.45, 7) is 4.82. The highest BCUT2D eigenvalue weighted by atomic mass is 16.5. The van der Waals surface area contributed by atoms with E-state index in [1.165, 1.54) is 0 Å². The van der Waals surface area contributed by atoms with Crippen LogP contribution in [0.2, 0.25) is 0 Å². The van der Waals surface area contributed by atoms with Gasteiger partial charge in [-0.1, -0.05) is 24.3 Å². The van der Waals surface area contributed by atoms with Crippen LogP contribution in [0.3, 0.4) is 0 Å². The van der Waals surface area contributed by atoms with E-state index in [4.69, 9.17) is 4.74 Å². The predicted octanol–water partition coefficient (Wildman–Crippen LogP) is 3.10. The SMILES string of the molecule is CCOC(=O)C(Cc1cnn(Cc2ccccn2)c1)C(=O)N(CC)c1ccccc1. The van der Waals surface area contributed by atoms with Crippen LogP contribution in [0.1, 0.15) is 25.1 Å². The number of benzene rings is 1. The number of ether oxygens (including phenoxy) is 1. The molecule has 3 rings (SSSR count). The molecular formula is C23H26N4O3. The molecule has 1 unspecified atom stereocenters. The Labute approximate surface area is 176 Å². The molecule has 0 radical (unpaired) electrons. The lowest BCUT2D eigenvalue weighted by Crippen LogP contribution is -2.41. The zero-order chi connectivity index (χ0) is 21.3. The summed E-state index contributed by atoms with van der Waals surface area (Å²) in [6, 6.07) is 15.0. The van der Waals surface area contributed by atoms with E-state index < -0.39 is 11.9 Å². The Morgan fingerprint density at radius 2 is 1.87 bits per heavy atom. The topological polar surface area (TPSA) is 77.3 Å². The van der Waals surface area contributed by atoms with Crippen molar-refractivity contribution in [3.05, 3.63) is 78.4 Å². The molecule has 30 heavy (non-hydrogen) atoms. The van der Waals surface area contributed by atoms with E-state index in [1.807, 2.05) is 61.7 Å². The summed E-state index contributed by atoms with van der Waals surface area (Å²) in [5.74, 6) is -1.73. The monoisotopic (exact) mass is 406 g/mol. The summed E-state index contributed by atoms with van der Waals surface area (Å²) >= 11 is 0. The largest absolute Gasteiger partial charge is 0.465 e. The van der Waals surface area contributed by atoms with Gasteiger partial charge in [0.05, 0.1) is 25.0 Å². The van der Waals surface area contributed by atoms with Gasteiger partial charge in [-0.3, -0.25) is 19.3 Å². The Hall–Kier alpha value is -3.48. The fraction of sp³-hybridized carbons (Fsp3) is 0.304. The van der Waals surface area contributed by atoms with Crippen molar-refractivity contribution < 1.29 is 14.3 Å². The van der Waals surface area contributed by atoms with E-state index in [2.05, 4.69) is 10.1 Å². The molecule has 0 saturated heterocycles. The molecule has 2 heterocycles. The molecule has 0 aliphatic carbocycles. The third-order valence-electron chi connectivity index (χ3n) is 4.70. The van der Waals surface area contributed by atoms with Gasteiger partial charge in [-0.2, -0.15) is 5.10 Å². The highest BCUT2D eigenvalue weighted by molar-refractivity contribution is 6.06. The maximum atomic E-state index is 13.3. The average molecular weight is 406 g/mol. The van der Waals surface area contributed by atoms with Gasteiger partial charge >= 0.3 is 5.97 Å². The van der Waals surface area contributed by atoms with Crippen molar-refractivity contribution in [1.82, 2.24) is 14.8 Å². The Bertz CT molecular complexity index is 957. The van der Waals surface area contributed by atoms with E-state index in [0.717, 1.165) is 16.9 Å². The molecule has 0 spiro atoms. The first kappa shape index (κ1) is 21.2. The quantitative estimate of drug-likeness (QED) is 0.403. The van der Waals surface area contributed by atoms with Crippen LogP contribution in [0.5, 0.6) is 0 Å². The summed E-state index contributed by atoms with van der Waals surface area (Å²) in [5, 5.41) is 4.35. The maximum Gasteiger partial charge on any atom is 0.318 e. The number of nitrogens with zero attached hydrogens (tertiary/aromatic N) is 4. The standard InChI is InChI=1S/C23H26N4O3/c1-3-27(20-11-6-5-7-12-20)22(28)21(23(29)30-4-2)14-18-15-25-26(16-18)17-19-10-8-9-13-24-19/h5-13,15-16,21H,3-4,14,17H2,1-2H3. The van der Waals surface area contributed by atoms with Crippen molar-refractivity contribution in [3.8, 4) is 0 Å². The summed E-state index contributed by atoms with van der Waals surface area (Å²) in [4.78, 5) is 31.8. The lowest BCUT2D eigenvalue weighted by Gasteiger charge is -2.25. The van der Waals surface area contributed by atoms with Crippen LogP contribution in [-0.2, 0) is 27.3 Å². The van der Waals surface area contributed by atoms with Gasteiger partial charge in [-0.05, 0) is 50.1 Å². The van der Waals surface area contributed by atoms with Gasteiger partial charge in [0.25, 0.3) is 0 Å². The van der Waals surface area contributed by atoms with Crippen LogP contribution in [0.25, 0.3) is 0 Å². The molecule has 0 aliphatic rings. The molecule has 2 aromatic heterocycles. The van der Waals surface area contributed by atoms with Crippen LogP contribution in [-0.4, -0.2) is 39.8 Å². The Morgan fingerprint density at radius 3 is 2.53 bits per heavy atom. The predicted molar refractivity (Wildman–Crippen MR) is 114 cm³/mol. The van der Waals surface area contributed by atoms with Crippen LogP contribution in [0.15, 0.2) is 67.1 Å². The number of carbonyl (C=O) groups excluding carboxylic acids is 2. The fourth-order valence-electron chi connectivity index (χ4n) is 3.27. The van der Waals surface area contributed by atoms with Gasteiger partial charge in [-0.25, -0.2) is 0 Å². The van der Waals surface area contributed by atoms with Gasteiger partial charge in [0.1, 0.15) is 5.92 Å². The first-order valence-corrected chi connectivity index (χ1v) is 10.1. The lowest BCUT2D eigenvalue weighted by atomic mass is 9.99. The third kappa shape index (κ3) is 5.31. The van der Waals surface area contributed by atoms with Crippen molar-refractivity contribution in [3.63, 3.8) is 0 Å². The van der Waals surface area contributed by atoms with E-state index in [9.17, 15) is 9.59 Å². The molecule has 1 amide bonds. The van der Waals surface area contributed by atoms with Crippen LogP contribution in [0.4, 0.5) is 5.69 Å². The minimum atomic E-state index is -0.933. The molecule has 1 aromatic carbocycles. The molecule has 7 heteroatoms. The van der Waals surface area contributed by atoms with Gasteiger partial charge in [0.15, 0.2) is 0 Å². The number of para-hydroxylation sites is 1. The molecule has 156 valence electrons. The highest BCUT2D eigenvalue weighted by Gasteiger charge is 2.32. The van der Waals surface area contributed by atoms with Gasteiger partial charge in [0.2, 0.25) is 5.91 Å². The Balaban J connectivity index is 1.79. The molecule has 1 atom stereocenters. The van der Waals surface area contributed by atoms with Crippen molar-refractivity contribution in [2.24, 2.45) is 5.92 Å². The van der Waals surface area contributed by atoms with Crippen LogP contribution < -0.4 is 4.90 Å². The molecule has 3 aromatic rings. The molecule has 0 fully saturated rings. The second kappa shape index (κ2) is 10.3. The second-order valence-electron chi connectivity index (χ2n) is 6.79. The third-order valence-corrected chi connectivity index (χ3v) is 4.70. The number of pyridine rings is 1. The molecule has 0 N–H and O–H groups in total. The zero-order valence-electron chi connectivity index (χ0n) is 17.3. The first-order chi connectivity index (χ1) is 14.6. The number of amides is 1. The molecule has 0 bridgehead atoms. The van der Waals surface area contributed by atoms with E-state index in [-0.39, 0.29) is 18.9 Å². The number of rotatable bonds is 9. The number of anilines is 1. The minimum Gasteiger partial charge on any atom is -0.465 e. The summed E-state index contributed by atoms with van der Waals surface area (Å²) in [7, 11) is 0. The van der Waals surface area contributed by atoms with Crippen LogP contribution >= 0.6 is 0 Å². The molecule has 0 saturated carbocycles. The van der Waals surface area contributed by atoms with E-state index in [1.54, 1.807) is 28.9 Å². The summed E-state index contributed by atoms with van der Waals surface area (Å²) < 4.78 is 6.96. The summed E-state index contributed by atoms with van der Waals surface area (Å²) in [5.41, 5.74) is 2.43. The normalized spacial score (nSPS) is 11.7. The van der Waals surface area contributed by atoms with E-state index >= 15 is 0 Å². The van der Waals surface area contributed by atoms with Crippen molar-refractivity contribution >= 4 is 17.6 Å². The maximum absolute atomic E-state index is 13.3. The molecule has 7 nitrogen and oxygen atoms in total. The number of esters is 1. The van der Waals surface area contributed by atoms with Gasteiger partial charge < -0.3 is 9.64 Å². The Morgan fingerprint density at radius 1 is 1.10 bits per heavy atom. The zero-order valence-corrected chi connectivity index (χ0v) is 17.3. The van der Waals surface area contributed by atoms with E-state index in [0.29, 0.717) is 13.1 Å². The minimum absolute atomic E-state index is 0.221. The smallest absolute Gasteiger partial charge is 0.318 e. The van der Waals surface area contributed by atoms with Crippen molar-refractivity contribution in [1.29, 1.82) is 0 Å². The number of carbonyl (C=O) groups is 2. The van der Waals surface area contributed by atoms with Gasteiger partial charge in [-0.15, -0.1) is 0 Å². The number of hydrogen-bond donors (Lipinski definition) is 0. The molecular weight excluding hydrogens is 380 g/mol. The fourth-order valence-corrected chi connectivity index (χ4v) is 3.27. The number of aromatic nitrogens is 3.